The van der Waals surface area contributed by atoms with Gasteiger partial charge in [-0.1, -0.05) is 19.1 Å². The molecule has 3 heteroatoms. The van der Waals surface area contributed by atoms with Crippen LogP contribution in [0.2, 0.25) is 0 Å². The van der Waals surface area contributed by atoms with Gasteiger partial charge in [-0.15, -0.1) is 0 Å². The fourth-order valence-corrected chi connectivity index (χ4v) is 2.50. The summed E-state index contributed by atoms with van der Waals surface area (Å²) in [6.07, 6.45) is 5.80. The van der Waals surface area contributed by atoms with Crippen molar-refractivity contribution in [3.05, 3.63) is 59.4 Å². The highest BCUT2D eigenvalue weighted by atomic mass is 16.5. The number of nitrogens with one attached hydrogen (secondary N) is 1. The molecule has 21 heavy (non-hydrogen) atoms. The molecular formula is C18H24N2O. The number of ether oxygens (including phenoxy) is 1. The van der Waals surface area contributed by atoms with E-state index in [0.717, 1.165) is 25.1 Å². The molecule has 1 aromatic heterocycles. The van der Waals surface area contributed by atoms with Crippen molar-refractivity contribution in [2.24, 2.45) is 0 Å². The number of nitrogens with zero attached hydrogens (tertiary/aromatic N) is 1. The molecule has 0 saturated carbocycles. The van der Waals surface area contributed by atoms with Gasteiger partial charge >= 0.3 is 0 Å². The van der Waals surface area contributed by atoms with Crippen LogP contribution in [0.4, 0.5) is 0 Å². The van der Waals surface area contributed by atoms with Gasteiger partial charge in [0.1, 0.15) is 5.75 Å². The Morgan fingerprint density at radius 2 is 1.95 bits per heavy atom. The molecule has 1 aromatic carbocycles. The summed E-state index contributed by atoms with van der Waals surface area (Å²) in [7, 11) is 1.71. The molecule has 0 amide bonds. The standard InChI is InChI=1S/C18H24N2O/c1-4-9-20-17(13-15-7-10-19-11-8-15)16-5-6-18(21-3)14(2)12-16/h5-8,10-12,17,20H,4,9,13H2,1-3H3. The molecule has 0 bridgehead atoms. The smallest absolute Gasteiger partial charge is 0.121 e. The second kappa shape index (κ2) is 7.79. The first kappa shape index (κ1) is 15.5. The van der Waals surface area contributed by atoms with Crippen LogP contribution in [0.1, 0.15) is 36.1 Å². The Hall–Kier alpha value is -1.87. The lowest BCUT2D eigenvalue weighted by Gasteiger charge is -2.20. The highest BCUT2D eigenvalue weighted by Crippen LogP contribution is 2.24. The highest BCUT2D eigenvalue weighted by molar-refractivity contribution is 5.38. The Morgan fingerprint density at radius 3 is 2.57 bits per heavy atom. The van der Waals surface area contributed by atoms with Crippen molar-refractivity contribution >= 4 is 0 Å². The lowest BCUT2D eigenvalue weighted by atomic mass is 9.97. The van der Waals surface area contributed by atoms with Gasteiger partial charge in [0.15, 0.2) is 0 Å². The number of benzene rings is 1. The van der Waals surface area contributed by atoms with E-state index in [4.69, 9.17) is 4.74 Å². The van der Waals surface area contributed by atoms with E-state index in [1.165, 1.54) is 16.7 Å². The van der Waals surface area contributed by atoms with Crippen LogP contribution in [-0.4, -0.2) is 18.6 Å². The van der Waals surface area contributed by atoms with Crippen LogP contribution in [0.3, 0.4) is 0 Å². The lowest BCUT2D eigenvalue weighted by molar-refractivity contribution is 0.411. The number of hydrogen-bond donors (Lipinski definition) is 1. The van der Waals surface area contributed by atoms with Gasteiger partial charge in [-0.3, -0.25) is 4.98 Å². The maximum atomic E-state index is 5.35. The predicted octanol–water partition coefficient (Wildman–Crippen LogP) is 3.68. The topological polar surface area (TPSA) is 34.2 Å². The number of aryl methyl sites for hydroxylation is 1. The van der Waals surface area contributed by atoms with E-state index in [1.807, 2.05) is 12.4 Å². The van der Waals surface area contributed by atoms with Gasteiger partial charge in [0.25, 0.3) is 0 Å². The zero-order chi connectivity index (χ0) is 15.1. The van der Waals surface area contributed by atoms with Crippen LogP contribution in [0.15, 0.2) is 42.7 Å². The molecular weight excluding hydrogens is 260 g/mol. The molecule has 3 nitrogen and oxygen atoms in total. The van der Waals surface area contributed by atoms with E-state index in [1.54, 1.807) is 7.11 Å². The molecule has 0 aliphatic carbocycles. The van der Waals surface area contributed by atoms with E-state index in [-0.39, 0.29) is 0 Å². The summed E-state index contributed by atoms with van der Waals surface area (Å²) in [5.74, 6) is 0.942. The van der Waals surface area contributed by atoms with Gasteiger partial charge < -0.3 is 10.1 Å². The Kier molecular flexibility index (Phi) is 5.76. The normalized spacial score (nSPS) is 12.1. The monoisotopic (exact) mass is 284 g/mol. The lowest BCUT2D eigenvalue weighted by Crippen LogP contribution is -2.24. The van der Waals surface area contributed by atoms with Gasteiger partial charge in [-0.25, -0.2) is 0 Å². The van der Waals surface area contributed by atoms with Gasteiger partial charge in [-0.2, -0.15) is 0 Å². The van der Waals surface area contributed by atoms with Crippen molar-refractivity contribution < 1.29 is 4.74 Å². The van der Waals surface area contributed by atoms with Crippen LogP contribution in [-0.2, 0) is 6.42 Å². The summed E-state index contributed by atoms with van der Waals surface area (Å²) in [4.78, 5) is 4.09. The first-order valence-electron chi connectivity index (χ1n) is 7.51. The van der Waals surface area contributed by atoms with Crippen LogP contribution in [0, 0.1) is 6.92 Å². The fourth-order valence-electron chi connectivity index (χ4n) is 2.50. The second-order valence-electron chi connectivity index (χ2n) is 5.30. The molecule has 0 aliphatic rings. The Morgan fingerprint density at radius 1 is 1.19 bits per heavy atom. The Balaban J connectivity index is 2.20. The van der Waals surface area contributed by atoms with Crippen LogP contribution in [0.25, 0.3) is 0 Å². The SMILES string of the molecule is CCCNC(Cc1ccncc1)c1ccc(OC)c(C)c1. The molecule has 2 aromatic rings. The van der Waals surface area contributed by atoms with Crippen LogP contribution >= 0.6 is 0 Å². The van der Waals surface area contributed by atoms with E-state index < -0.39 is 0 Å². The number of rotatable bonds is 7. The molecule has 1 atom stereocenters. The molecule has 0 fully saturated rings. The largest absolute Gasteiger partial charge is 0.496 e. The molecule has 1 heterocycles. The van der Waals surface area contributed by atoms with Crippen LogP contribution < -0.4 is 10.1 Å². The molecule has 0 aliphatic heterocycles. The average molecular weight is 284 g/mol. The van der Waals surface area contributed by atoms with Crippen molar-refractivity contribution in [1.82, 2.24) is 10.3 Å². The summed E-state index contributed by atoms with van der Waals surface area (Å²) < 4.78 is 5.35. The van der Waals surface area contributed by atoms with Crippen molar-refractivity contribution in [3.8, 4) is 5.75 Å². The van der Waals surface area contributed by atoms with Gasteiger partial charge in [-0.05, 0) is 61.2 Å². The van der Waals surface area contributed by atoms with Crippen molar-refractivity contribution in [2.75, 3.05) is 13.7 Å². The summed E-state index contributed by atoms with van der Waals surface area (Å²) in [5, 5.41) is 3.64. The third kappa shape index (κ3) is 4.30. The van der Waals surface area contributed by atoms with Crippen molar-refractivity contribution in [3.63, 3.8) is 0 Å². The van der Waals surface area contributed by atoms with Crippen molar-refractivity contribution in [2.45, 2.75) is 32.7 Å². The summed E-state index contributed by atoms with van der Waals surface area (Å²) in [6, 6.07) is 10.9. The number of pyridine rings is 1. The third-order valence-corrected chi connectivity index (χ3v) is 3.65. The summed E-state index contributed by atoms with van der Waals surface area (Å²) in [6.45, 7) is 5.29. The molecule has 112 valence electrons. The number of methoxy groups -OCH3 is 1. The predicted molar refractivity (Wildman–Crippen MR) is 86.7 cm³/mol. The minimum Gasteiger partial charge on any atom is -0.496 e. The fraction of sp³-hybridized carbons (Fsp3) is 0.389. The zero-order valence-electron chi connectivity index (χ0n) is 13.1. The Bertz CT molecular complexity index is 554. The minimum atomic E-state index is 0.317. The Labute approximate surface area is 127 Å². The molecule has 2 rings (SSSR count). The molecule has 1 unspecified atom stereocenters. The van der Waals surface area contributed by atoms with Crippen molar-refractivity contribution in [1.29, 1.82) is 0 Å². The highest BCUT2D eigenvalue weighted by Gasteiger charge is 2.13. The molecule has 0 saturated heterocycles. The van der Waals surface area contributed by atoms with Gasteiger partial charge in [0.2, 0.25) is 0 Å². The summed E-state index contributed by atoms with van der Waals surface area (Å²) in [5.41, 5.74) is 3.78. The van der Waals surface area contributed by atoms with Crippen LogP contribution in [0.5, 0.6) is 5.75 Å². The molecule has 0 spiro atoms. The maximum absolute atomic E-state index is 5.35. The minimum absolute atomic E-state index is 0.317. The van der Waals surface area contributed by atoms with E-state index in [2.05, 4.69) is 54.5 Å². The first-order valence-corrected chi connectivity index (χ1v) is 7.51. The maximum Gasteiger partial charge on any atom is 0.121 e. The molecule has 1 N–H and O–H groups in total. The third-order valence-electron chi connectivity index (χ3n) is 3.65. The van der Waals surface area contributed by atoms with Gasteiger partial charge in [0.05, 0.1) is 7.11 Å². The van der Waals surface area contributed by atoms with E-state index in [9.17, 15) is 0 Å². The quantitative estimate of drug-likeness (QED) is 0.842. The number of hydrogen-bond acceptors (Lipinski definition) is 3. The second-order valence-corrected chi connectivity index (χ2v) is 5.30. The molecule has 0 radical (unpaired) electrons. The van der Waals surface area contributed by atoms with E-state index >= 15 is 0 Å². The number of aromatic nitrogens is 1. The zero-order valence-corrected chi connectivity index (χ0v) is 13.1. The first-order chi connectivity index (χ1) is 10.2. The summed E-state index contributed by atoms with van der Waals surface area (Å²) >= 11 is 0. The van der Waals surface area contributed by atoms with E-state index in [0.29, 0.717) is 6.04 Å². The van der Waals surface area contributed by atoms with Gasteiger partial charge in [0, 0.05) is 18.4 Å². The average Bonchev–Trinajstić information content (AvgIpc) is 2.52.